The van der Waals surface area contributed by atoms with Crippen molar-refractivity contribution >= 4 is 29.2 Å². The molecule has 150 valence electrons. The van der Waals surface area contributed by atoms with E-state index in [0.29, 0.717) is 17.1 Å². The van der Waals surface area contributed by atoms with E-state index in [1.54, 1.807) is 26.0 Å². The van der Waals surface area contributed by atoms with Gasteiger partial charge in [-0.05, 0) is 49.7 Å². The number of rotatable bonds is 5. The van der Waals surface area contributed by atoms with Crippen LogP contribution in [-0.4, -0.2) is 23.2 Å². The number of anilines is 1. The molecule has 10 heteroatoms. The molecule has 2 rings (SSSR count). The molecule has 0 fully saturated rings. The van der Waals surface area contributed by atoms with Gasteiger partial charge in [0.2, 0.25) is 5.91 Å². The summed E-state index contributed by atoms with van der Waals surface area (Å²) in [5.41, 5.74) is 1.39. The molecule has 0 aliphatic heterocycles. The number of alkyl halides is 3. The van der Waals surface area contributed by atoms with Crippen molar-refractivity contribution in [1.29, 1.82) is 0 Å². The van der Waals surface area contributed by atoms with Gasteiger partial charge in [-0.2, -0.15) is 0 Å². The summed E-state index contributed by atoms with van der Waals surface area (Å²) in [5, 5.41) is 4.94. The molecular formula is C18H17ClF3N3O3. The second-order valence-corrected chi connectivity index (χ2v) is 6.40. The van der Waals surface area contributed by atoms with E-state index in [2.05, 4.69) is 20.4 Å². The topological polar surface area (TPSA) is 80.3 Å². The lowest BCUT2D eigenvalue weighted by Gasteiger charge is -2.17. The molecule has 0 aliphatic carbocycles. The zero-order valence-electron chi connectivity index (χ0n) is 15.1. The monoisotopic (exact) mass is 415 g/mol. The highest BCUT2D eigenvalue weighted by atomic mass is 35.5. The summed E-state index contributed by atoms with van der Waals surface area (Å²) in [5.74, 6) is -1.07. The maximum absolute atomic E-state index is 12.4. The Hall–Kier alpha value is -2.81. The summed E-state index contributed by atoms with van der Waals surface area (Å²) in [6, 6.07) is 6.13. The summed E-state index contributed by atoms with van der Waals surface area (Å²) in [6.45, 7) is 4.81. The van der Waals surface area contributed by atoms with Gasteiger partial charge in [0.15, 0.2) is 0 Å². The first-order chi connectivity index (χ1) is 12.9. The van der Waals surface area contributed by atoms with Crippen molar-refractivity contribution in [3.8, 4) is 5.75 Å². The molecule has 1 aromatic heterocycles. The minimum absolute atomic E-state index is 0.0687. The van der Waals surface area contributed by atoms with Crippen molar-refractivity contribution in [2.75, 3.05) is 5.32 Å². The molecule has 0 saturated carbocycles. The fraction of sp³-hybridized carbons (Fsp3) is 0.278. The maximum atomic E-state index is 12.4. The van der Waals surface area contributed by atoms with E-state index in [1.165, 1.54) is 13.0 Å². The van der Waals surface area contributed by atoms with Gasteiger partial charge < -0.3 is 15.4 Å². The number of hydrogen-bond acceptors (Lipinski definition) is 4. The molecule has 2 aromatic rings. The molecule has 0 spiro atoms. The van der Waals surface area contributed by atoms with Gasteiger partial charge in [-0.25, -0.2) is 4.98 Å². The summed E-state index contributed by atoms with van der Waals surface area (Å²) >= 11 is 5.77. The van der Waals surface area contributed by atoms with Crippen molar-refractivity contribution in [3.05, 3.63) is 52.2 Å². The Kier molecular flexibility index (Phi) is 6.50. The van der Waals surface area contributed by atoms with Crippen molar-refractivity contribution in [2.24, 2.45) is 0 Å². The molecule has 1 aromatic carbocycles. The van der Waals surface area contributed by atoms with Gasteiger partial charge in [0.25, 0.3) is 5.91 Å². The molecule has 6 nitrogen and oxygen atoms in total. The van der Waals surface area contributed by atoms with Crippen molar-refractivity contribution in [1.82, 2.24) is 10.3 Å². The van der Waals surface area contributed by atoms with Gasteiger partial charge in [0, 0.05) is 18.2 Å². The summed E-state index contributed by atoms with van der Waals surface area (Å²) in [7, 11) is 0. The van der Waals surface area contributed by atoms with Crippen molar-refractivity contribution in [2.45, 2.75) is 33.2 Å². The molecule has 1 unspecified atom stereocenters. The fourth-order valence-electron chi connectivity index (χ4n) is 2.40. The van der Waals surface area contributed by atoms with Crippen LogP contribution < -0.4 is 15.4 Å². The molecule has 28 heavy (non-hydrogen) atoms. The molecule has 1 heterocycles. The van der Waals surface area contributed by atoms with Gasteiger partial charge in [0.1, 0.15) is 11.6 Å². The lowest BCUT2D eigenvalue weighted by molar-refractivity contribution is -0.274. The van der Waals surface area contributed by atoms with Gasteiger partial charge in [-0.3, -0.25) is 9.59 Å². The average molecular weight is 416 g/mol. The van der Waals surface area contributed by atoms with E-state index in [9.17, 15) is 22.8 Å². The van der Waals surface area contributed by atoms with Crippen LogP contribution in [0.1, 0.15) is 41.5 Å². The highest BCUT2D eigenvalue weighted by Gasteiger charge is 2.32. The van der Waals surface area contributed by atoms with Crippen LogP contribution in [-0.2, 0) is 4.79 Å². The molecule has 0 aliphatic rings. The van der Waals surface area contributed by atoms with E-state index < -0.39 is 24.1 Å². The number of pyridine rings is 1. The third-order valence-corrected chi connectivity index (χ3v) is 3.84. The van der Waals surface area contributed by atoms with Crippen LogP contribution in [0.15, 0.2) is 30.3 Å². The van der Waals surface area contributed by atoms with Crippen molar-refractivity contribution in [3.63, 3.8) is 0 Å². The Balaban J connectivity index is 2.15. The third-order valence-electron chi connectivity index (χ3n) is 3.55. The molecular weight excluding hydrogens is 399 g/mol. The van der Waals surface area contributed by atoms with Crippen LogP contribution in [0.2, 0.25) is 5.02 Å². The van der Waals surface area contributed by atoms with Crippen LogP contribution >= 0.6 is 11.6 Å². The van der Waals surface area contributed by atoms with Crippen LogP contribution in [0.3, 0.4) is 0 Å². The Morgan fingerprint density at radius 3 is 2.46 bits per heavy atom. The van der Waals surface area contributed by atoms with E-state index in [0.717, 1.165) is 12.1 Å². The largest absolute Gasteiger partial charge is 0.573 e. The lowest BCUT2D eigenvalue weighted by Crippen LogP contribution is -2.27. The quantitative estimate of drug-likeness (QED) is 0.759. The van der Waals surface area contributed by atoms with E-state index in [-0.39, 0.29) is 16.5 Å². The average Bonchev–Trinajstić information content (AvgIpc) is 2.54. The number of carbonyl (C=O) groups is 2. The molecule has 2 amide bonds. The Morgan fingerprint density at radius 2 is 1.89 bits per heavy atom. The number of hydrogen-bond donors (Lipinski definition) is 2. The van der Waals surface area contributed by atoms with Crippen LogP contribution in [0.4, 0.5) is 19.0 Å². The van der Waals surface area contributed by atoms with Crippen molar-refractivity contribution < 1.29 is 27.5 Å². The zero-order valence-corrected chi connectivity index (χ0v) is 15.9. The number of aryl methyl sites for hydroxylation is 1. The molecule has 0 bridgehead atoms. The minimum Gasteiger partial charge on any atom is -0.404 e. The van der Waals surface area contributed by atoms with E-state index in [4.69, 9.17) is 11.6 Å². The van der Waals surface area contributed by atoms with E-state index in [1.807, 2.05) is 0 Å². The number of halogens is 4. The predicted octanol–water partition coefficient (Wildman–Crippen LogP) is 4.39. The van der Waals surface area contributed by atoms with Gasteiger partial charge in [-0.15, -0.1) is 13.2 Å². The second kappa shape index (κ2) is 8.47. The summed E-state index contributed by atoms with van der Waals surface area (Å²) in [4.78, 5) is 27.8. The smallest absolute Gasteiger partial charge is 0.404 e. The third kappa shape index (κ3) is 6.12. The van der Waals surface area contributed by atoms with Gasteiger partial charge in [-0.1, -0.05) is 11.6 Å². The predicted molar refractivity (Wildman–Crippen MR) is 97.3 cm³/mol. The number of carbonyl (C=O) groups excluding carboxylic acids is 2. The number of benzene rings is 1. The zero-order chi connectivity index (χ0) is 21.1. The second-order valence-electron chi connectivity index (χ2n) is 6.00. The van der Waals surface area contributed by atoms with Crippen LogP contribution in [0.5, 0.6) is 5.75 Å². The normalized spacial score (nSPS) is 12.2. The number of nitrogens with zero attached hydrogens (tertiary/aromatic N) is 1. The molecule has 0 saturated heterocycles. The number of amides is 2. The maximum Gasteiger partial charge on any atom is 0.573 e. The van der Waals surface area contributed by atoms with Gasteiger partial charge in [0.05, 0.1) is 11.1 Å². The molecule has 0 radical (unpaired) electrons. The lowest BCUT2D eigenvalue weighted by atomic mass is 10.1. The number of nitrogens with one attached hydrogen (secondary N) is 2. The standard InChI is InChI=1S/C18H17ClF3N3O3/c1-9-6-13(8-16(23-9)25-11(3)26)10(2)24-17(27)12-4-5-15(14(19)7-12)28-18(20,21)22/h4-8,10H,1-3H3,(H,24,27)(H,23,25,26). The molecule has 2 N–H and O–H groups in total. The highest BCUT2D eigenvalue weighted by molar-refractivity contribution is 6.32. The number of aromatic nitrogens is 1. The summed E-state index contributed by atoms with van der Waals surface area (Å²) in [6.07, 6.45) is -4.88. The van der Waals surface area contributed by atoms with Crippen LogP contribution in [0, 0.1) is 6.92 Å². The van der Waals surface area contributed by atoms with E-state index >= 15 is 0 Å². The summed E-state index contributed by atoms with van der Waals surface area (Å²) < 4.78 is 40.6. The Bertz CT molecular complexity index is 903. The number of ether oxygens (including phenoxy) is 1. The highest BCUT2D eigenvalue weighted by Crippen LogP contribution is 2.31. The van der Waals surface area contributed by atoms with Crippen LogP contribution in [0.25, 0.3) is 0 Å². The first-order valence-corrected chi connectivity index (χ1v) is 8.45. The first kappa shape index (κ1) is 21.5. The SMILES string of the molecule is CC(=O)Nc1cc(C(C)NC(=O)c2ccc(OC(F)(F)F)c(Cl)c2)cc(C)n1. The Morgan fingerprint density at radius 1 is 1.21 bits per heavy atom. The molecule has 1 atom stereocenters. The first-order valence-electron chi connectivity index (χ1n) is 8.07. The van der Waals surface area contributed by atoms with Gasteiger partial charge >= 0.3 is 6.36 Å². The fourth-order valence-corrected chi connectivity index (χ4v) is 2.62. The Labute approximate surface area is 164 Å². The minimum atomic E-state index is -4.88.